The summed E-state index contributed by atoms with van der Waals surface area (Å²) in [6.45, 7) is 2.04. The fourth-order valence-corrected chi connectivity index (χ4v) is 3.32. The summed E-state index contributed by atoms with van der Waals surface area (Å²) in [5, 5.41) is 12.6. The molecule has 9 nitrogen and oxygen atoms in total. The van der Waals surface area contributed by atoms with Crippen LogP contribution in [0.3, 0.4) is 0 Å². The summed E-state index contributed by atoms with van der Waals surface area (Å²) < 4.78 is 8.15. The smallest absolute Gasteiger partial charge is 0.284 e. The van der Waals surface area contributed by atoms with Gasteiger partial charge in [0.05, 0.1) is 5.69 Å². The maximum absolute atomic E-state index is 12.9. The molecule has 0 radical (unpaired) electrons. The molecule has 0 aliphatic heterocycles. The summed E-state index contributed by atoms with van der Waals surface area (Å²) in [6.07, 6.45) is 1.41. The molecule has 10 heteroatoms. The molecule has 0 bridgehead atoms. The number of benzene rings is 2. The van der Waals surface area contributed by atoms with Crippen molar-refractivity contribution in [1.82, 2.24) is 34.7 Å². The summed E-state index contributed by atoms with van der Waals surface area (Å²) in [5.41, 5.74) is 2.68. The van der Waals surface area contributed by atoms with Crippen LogP contribution in [0.2, 0.25) is 5.02 Å². The van der Waals surface area contributed by atoms with E-state index >= 15 is 0 Å². The first-order chi connectivity index (χ1) is 14.6. The van der Waals surface area contributed by atoms with Crippen LogP contribution in [-0.2, 0) is 6.54 Å². The lowest BCUT2D eigenvalue weighted by molar-refractivity contribution is 0.369. The summed E-state index contributed by atoms with van der Waals surface area (Å²) in [4.78, 5) is 21.6. The third-order valence-electron chi connectivity index (χ3n) is 4.64. The van der Waals surface area contributed by atoms with E-state index < -0.39 is 0 Å². The van der Waals surface area contributed by atoms with E-state index in [2.05, 4.69) is 25.4 Å². The number of nitrogens with zero attached hydrogens (tertiary/aromatic N) is 7. The number of fused-ring (bicyclic) bond motifs is 1. The van der Waals surface area contributed by atoms with Crippen LogP contribution in [-0.4, -0.2) is 34.7 Å². The highest BCUT2D eigenvalue weighted by Gasteiger charge is 2.16. The number of hydrogen-bond acceptors (Lipinski definition) is 7. The van der Waals surface area contributed by atoms with Crippen LogP contribution < -0.4 is 5.56 Å². The topological polar surface area (TPSA) is 105 Å². The van der Waals surface area contributed by atoms with Gasteiger partial charge in [-0.15, -0.1) is 5.10 Å². The van der Waals surface area contributed by atoms with Crippen LogP contribution in [0.1, 0.15) is 11.5 Å². The van der Waals surface area contributed by atoms with Gasteiger partial charge in [0, 0.05) is 10.6 Å². The highest BCUT2D eigenvalue weighted by molar-refractivity contribution is 6.30. The minimum atomic E-state index is -0.357. The molecule has 0 saturated heterocycles. The Morgan fingerprint density at radius 2 is 2.00 bits per heavy atom. The first-order valence-corrected chi connectivity index (χ1v) is 9.43. The fraction of sp³-hybridized carbons (Fsp3) is 0.100. The van der Waals surface area contributed by atoms with Crippen LogP contribution in [0.25, 0.3) is 28.2 Å². The fourth-order valence-electron chi connectivity index (χ4n) is 3.14. The van der Waals surface area contributed by atoms with Gasteiger partial charge in [0.2, 0.25) is 11.7 Å². The summed E-state index contributed by atoms with van der Waals surface area (Å²) >= 11 is 6.04. The van der Waals surface area contributed by atoms with E-state index in [0.29, 0.717) is 28.1 Å². The quantitative estimate of drug-likeness (QED) is 0.441. The molecule has 0 amide bonds. The molecule has 0 aliphatic carbocycles. The van der Waals surface area contributed by atoms with Crippen LogP contribution in [0.4, 0.5) is 0 Å². The van der Waals surface area contributed by atoms with Gasteiger partial charge in [-0.25, -0.2) is 4.98 Å². The lowest BCUT2D eigenvalue weighted by Crippen LogP contribution is -2.21. The number of aryl methyl sites for hydroxylation is 1. The van der Waals surface area contributed by atoms with Gasteiger partial charge >= 0.3 is 0 Å². The molecule has 0 saturated carbocycles. The van der Waals surface area contributed by atoms with Gasteiger partial charge in [-0.3, -0.25) is 9.36 Å². The third kappa shape index (κ3) is 3.15. The van der Waals surface area contributed by atoms with Crippen molar-refractivity contribution in [3.05, 3.63) is 81.7 Å². The number of aromatic nitrogens is 7. The molecule has 0 atom stereocenters. The van der Waals surface area contributed by atoms with Gasteiger partial charge in [-0.05, 0) is 30.7 Å². The molecule has 0 unspecified atom stereocenters. The SMILES string of the molecule is Cc1ccccc1-c1noc(Cn2cnc3c(nnn3-c3cccc(Cl)c3)c2=O)n1. The Bertz CT molecular complexity index is 1440. The number of halogens is 1. The minimum absolute atomic E-state index is 0.0741. The van der Waals surface area contributed by atoms with Crippen LogP contribution in [0.5, 0.6) is 0 Å². The Morgan fingerprint density at radius 1 is 1.13 bits per heavy atom. The van der Waals surface area contributed by atoms with Gasteiger partial charge in [0.25, 0.3) is 5.56 Å². The molecular formula is C20H14ClN7O2. The highest BCUT2D eigenvalue weighted by atomic mass is 35.5. The molecule has 2 aromatic carbocycles. The maximum Gasteiger partial charge on any atom is 0.284 e. The molecule has 3 heterocycles. The third-order valence-corrected chi connectivity index (χ3v) is 4.88. The Balaban J connectivity index is 1.49. The molecular weight excluding hydrogens is 406 g/mol. The van der Waals surface area contributed by atoms with Crippen molar-refractivity contribution in [2.75, 3.05) is 0 Å². The van der Waals surface area contributed by atoms with Crippen molar-refractivity contribution in [2.45, 2.75) is 13.5 Å². The lowest BCUT2D eigenvalue weighted by Gasteiger charge is -2.03. The largest absolute Gasteiger partial charge is 0.337 e. The van der Waals surface area contributed by atoms with E-state index in [-0.39, 0.29) is 17.6 Å². The van der Waals surface area contributed by atoms with E-state index in [1.165, 1.54) is 15.6 Å². The first kappa shape index (κ1) is 18.2. The molecule has 148 valence electrons. The van der Waals surface area contributed by atoms with E-state index in [4.69, 9.17) is 16.1 Å². The molecule has 3 aromatic heterocycles. The van der Waals surface area contributed by atoms with E-state index in [0.717, 1.165) is 11.1 Å². The van der Waals surface area contributed by atoms with Crippen molar-refractivity contribution in [3.63, 3.8) is 0 Å². The van der Waals surface area contributed by atoms with E-state index in [1.807, 2.05) is 31.2 Å². The Labute approximate surface area is 174 Å². The zero-order valence-corrected chi connectivity index (χ0v) is 16.5. The monoisotopic (exact) mass is 419 g/mol. The summed E-state index contributed by atoms with van der Waals surface area (Å²) in [7, 11) is 0. The molecule has 5 aromatic rings. The predicted molar refractivity (Wildman–Crippen MR) is 110 cm³/mol. The normalized spacial score (nSPS) is 11.3. The van der Waals surface area contributed by atoms with Crippen molar-refractivity contribution < 1.29 is 4.52 Å². The Morgan fingerprint density at radius 3 is 2.83 bits per heavy atom. The average Bonchev–Trinajstić information content (AvgIpc) is 3.38. The minimum Gasteiger partial charge on any atom is -0.337 e. The zero-order valence-electron chi connectivity index (χ0n) is 15.7. The molecule has 0 fully saturated rings. The standard InChI is InChI=1S/C20H14ClN7O2/c1-12-5-2-3-8-15(12)18-23-16(30-25-18)10-27-11-22-19-17(20(27)29)24-26-28(19)14-7-4-6-13(21)9-14/h2-9,11H,10H2,1H3. The molecule has 0 spiro atoms. The average molecular weight is 420 g/mol. The molecule has 5 rings (SSSR count). The Hall–Kier alpha value is -3.85. The number of rotatable bonds is 4. The second kappa shape index (κ2) is 7.20. The summed E-state index contributed by atoms with van der Waals surface area (Å²) in [6, 6.07) is 14.8. The maximum atomic E-state index is 12.9. The highest BCUT2D eigenvalue weighted by Crippen LogP contribution is 2.20. The Kier molecular flexibility index (Phi) is 4.36. The van der Waals surface area contributed by atoms with Crippen molar-refractivity contribution in [3.8, 4) is 17.1 Å². The van der Waals surface area contributed by atoms with E-state index in [1.54, 1.807) is 24.3 Å². The van der Waals surface area contributed by atoms with Crippen molar-refractivity contribution in [1.29, 1.82) is 0 Å². The van der Waals surface area contributed by atoms with Crippen LogP contribution >= 0.6 is 11.6 Å². The van der Waals surface area contributed by atoms with Crippen molar-refractivity contribution in [2.24, 2.45) is 0 Å². The van der Waals surface area contributed by atoms with Crippen LogP contribution in [0, 0.1) is 6.92 Å². The predicted octanol–water partition coefficient (Wildman–Crippen LogP) is 3.04. The van der Waals surface area contributed by atoms with Gasteiger partial charge in [0.1, 0.15) is 12.9 Å². The van der Waals surface area contributed by atoms with Gasteiger partial charge in [-0.2, -0.15) is 9.67 Å². The second-order valence-electron chi connectivity index (χ2n) is 6.66. The molecule has 0 N–H and O–H groups in total. The van der Waals surface area contributed by atoms with Crippen molar-refractivity contribution >= 4 is 22.8 Å². The molecule has 0 aliphatic rings. The van der Waals surface area contributed by atoms with Gasteiger partial charge in [-0.1, -0.05) is 52.3 Å². The first-order valence-electron chi connectivity index (χ1n) is 9.05. The number of hydrogen-bond donors (Lipinski definition) is 0. The molecule has 30 heavy (non-hydrogen) atoms. The van der Waals surface area contributed by atoms with E-state index in [9.17, 15) is 4.79 Å². The van der Waals surface area contributed by atoms with Gasteiger partial charge < -0.3 is 4.52 Å². The van der Waals surface area contributed by atoms with Gasteiger partial charge in [0.15, 0.2) is 11.2 Å². The second-order valence-corrected chi connectivity index (χ2v) is 7.09. The zero-order chi connectivity index (χ0) is 20.7. The lowest BCUT2D eigenvalue weighted by atomic mass is 10.1. The van der Waals surface area contributed by atoms with Crippen LogP contribution in [0.15, 0.2) is 64.2 Å². The summed E-state index contributed by atoms with van der Waals surface area (Å²) in [5.74, 6) is 0.760.